The molecule has 0 heterocycles. The molecule has 0 rings (SSSR count). The molecule has 8 heavy (non-hydrogen) atoms. The van der Waals surface area contributed by atoms with Crippen LogP contribution in [0, 0.1) is 12.3 Å². The summed E-state index contributed by atoms with van der Waals surface area (Å²) in [6.45, 7) is 0. The third-order valence-corrected chi connectivity index (χ3v) is 0.953. The van der Waals surface area contributed by atoms with Gasteiger partial charge >= 0.3 is 18.9 Å². The van der Waals surface area contributed by atoms with E-state index in [9.17, 15) is 0 Å². The van der Waals surface area contributed by atoms with Gasteiger partial charge in [-0.1, -0.05) is 0 Å². The zero-order chi connectivity index (χ0) is 5.54. The quantitative estimate of drug-likeness (QED) is 0.148. The first kappa shape index (κ1) is 11.3. The largest absolute Gasteiger partial charge is 1.00 e. The molecule has 0 bridgehead atoms. The number of hydrogen-bond acceptors (Lipinski definition) is 0. The smallest absolute Gasteiger partial charge is 0.694 e. The topological polar surface area (TPSA) is 0 Å². The molecule has 0 fully saturated rings. The van der Waals surface area contributed by atoms with Gasteiger partial charge in [0, 0.05) is 5.88 Å². The van der Waals surface area contributed by atoms with Gasteiger partial charge in [-0.3, -0.25) is 0 Å². The minimum atomic E-state index is 0. The van der Waals surface area contributed by atoms with Crippen molar-refractivity contribution in [1.82, 2.24) is 0 Å². The molecule has 0 spiro atoms. The summed E-state index contributed by atoms with van der Waals surface area (Å²) in [6, 6.07) is 0. The molecular formula is C6H8ClLi. The molecule has 0 aromatic heterocycles. The van der Waals surface area contributed by atoms with Crippen molar-refractivity contribution in [3.8, 4) is 5.92 Å². The van der Waals surface area contributed by atoms with Crippen LogP contribution in [0.25, 0.3) is 0 Å². The third-order valence-electron chi connectivity index (χ3n) is 0.685. The van der Waals surface area contributed by atoms with Crippen LogP contribution in [-0.2, 0) is 0 Å². The van der Waals surface area contributed by atoms with Gasteiger partial charge in [0.1, 0.15) is 0 Å². The molecule has 0 aliphatic heterocycles. The Labute approximate surface area is 68.2 Å². The van der Waals surface area contributed by atoms with E-state index in [1.807, 2.05) is 0 Å². The summed E-state index contributed by atoms with van der Waals surface area (Å²) in [5.41, 5.74) is 0. The van der Waals surface area contributed by atoms with Crippen molar-refractivity contribution in [2.75, 3.05) is 5.88 Å². The van der Waals surface area contributed by atoms with Gasteiger partial charge in [0.2, 0.25) is 0 Å². The van der Waals surface area contributed by atoms with Crippen LogP contribution >= 0.6 is 11.6 Å². The molecule has 0 saturated heterocycles. The Morgan fingerprint density at radius 1 is 1.38 bits per heavy atom. The fourth-order valence-corrected chi connectivity index (χ4v) is 0.497. The molecule has 40 valence electrons. The summed E-state index contributed by atoms with van der Waals surface area (Å²) in [7, 11) is 0. The van der Waals surface area contributed by atoms with E-state index in [-0.39, 0.29) is 18.9 Å². The molecule has 0 aromatic rings. The first-order chi connectivity index (χ1) is 3.41. The van der Waals surface area contributed by atoms with Crippen LogP contribution < -0.4 is 18.9 Å². The van der Waals surface area contributed by atoms with Gasteiger partial charge in [-0.2, -0.15) is 0 Å². The molecule has 0 aliphatic carbocycles. The summed E-state index contributed by atoms with van der Waals surface area (Å²) in [4.78, 5) is 0. The van der Waals surface area contributed by atoms with Crippen molar-refractivity contribution >= 4 is 11.6 Å². The van der Waals surface area contributed by atoms with Crippen LogP contribution in [0.3, 0.4) is 0 Å². The van der Waals surface area contributed by atoms with Crippen molar-refractivity contribution in [1.29, 1.82) is 0 Å². The normalized spacial score (nSPS) is 7.00. The van der Waals surface area contributed by atoms with E-state index in [1.54, 1.807) is 0 Å². The van der Waals surface area contributed by atoms with E-state index in [0.717, 1.165) is 19.3 Å². The van der Waals surface area contributed by atoms with E-state index in [2.05, 4.69) is 5.92 Å². The average molecular weight is 123 g/mol. The van der Waals surface area contributed by atoms with Crippen LogP contribution in [-0.4, -0.2) is 5.88 Å². The van der Waals surface area contributed by atoms with Crippen molar-refractivity contribution in [3.05, 3.63) is 6.42 Å². The number of alkyl halides is 1. The van der Waals surface area contributed by atoms with E-state index in [1.165, 1.54) is 0 Å². The molecular weight excluding hydrogens is 114 g/mol. The summed E-state index contributed by atoms with van der Waals surface area (Å²) >= 11 is 5.35. The van der Waals surface area contributed by atoms with Crippen LogP contribution in [0.2, 0.25) is 0 Å². The van der Waals surface area contributed by atoms with Gasteiger partial charge in [0.15, 0.2) is 0 Å². The fourth-order valence-electron chi connectivity index (χ4n) is 0.308. The molecule has 0 radical (unpaired) electrons. The van der Waals surface area contributed by atoms with Crippen LogP contribution in [0.15, 0.2) is 0 Å². The van der Waals surface area contributed by atoms with E-state index in [0.29, 0.717) is 5.88 Å². The van der Waals surface area contributed by atoms with E-state index >= 15 is 0 Å². The van der Waals surface area contributed by atoms with Crippen LogP contribution in [0.5, 0.6) is 0 Å². The Bertz CT molecular complexity index is 65.4. The maximum atomic E-state index is 6.49. The second-order valence-corrected chi connectivity index (χ2v) is 1.70. The monoisotopic (exact) mass is 122 g/mol. The molecule has 2 heteroatoms. The SMILES string of the molecule is [C-]#CCCCCCl.[Li+]. The summed E-state index contributed by atoms with van der Waals surface area (Å²) < 4.78 is 0. The summed E-state index contributed by atoms with van der Waals surface area (Å²) in [6.07, 6.45) is 9.26. The second-order valence-electron chi connectivity index (χ2n) is 1.32. The van der Waals surface area contributed by atoms with Gasteiger partial charge in [-0.15, -0.1) is 11.6 Å². The minimum absolute atomic E-state index is 0. The molecule has 0 saturated carbocycles. The maximum Gasteiger partial charge on any atom is 1.00 e. The average Bonchev–Trinajstić information content (AvgIpc) is 1.69. The zero-order valence-electron chi connectivity index (χ0n) is 5.21. The molecule has 0 aromatic carbocycles. The number of unbranched alkanes of at least 4 members (excludes halogenated alkanes) is 2. The van der Waals surface area contributed by atoms with Gasteiger partial charge in [-0.25, -0.2) is 0 Å². The van der Waals surface area contributed by atoms with Crippen LogP contribution in [0.4, 0.5) is 0 Å². The van der Waals surface area contributed by atoms with Crippen LogP contribution in [0.1, 0.15) is 19.3 Å². The van der Waals surface area contributed by atoms with Gasteiger partial charge < -0.3 is 12.3 Å². The molecule has 0 nitrogen and oxygen atoms in total. The zero-order valence-corrected chi connectivity index (χ0v) is 5.96. The minimum Gasteiger partial charge on any atom is -0.694 e. The summed E-state index contributed by atoms with van der Waals surface area (Å²) in [5.74, 6) is 3.00. The number of hydrogen-bond donors (Lipinski definition) is 0. The Hall–Kier alpha value is 0.447. The maximum absolute atomic E-state index is 6.49. The molecule has 0 N–H and O–H groups in total. The standard InChI is InChI=1S/C6H8Cl.Li/c1-2-3-4-5-6-7;/h3-6H2;/q-1;+1. The predicted molar refractivity (Wildman–Crippen MR) is 31.7 cm³/mol. The van der Waals surface area contributed by atoms with Crippen molar-refractivity contribution < 1.29 is 18.9 Å². The molecule has 0 unspecified atom stereocenters. The Kier molecular flexibility index (Phi) is 14.7. The first-order valence-electron chi connectivity index (χ1n) is 2.37. The Morgan fingerprint density at radius 2 is 2.00 bits per heavy atom. The predicted octanol–water partition coefficient (Wildman–Crippen LogP) is -1.01. The van der Waals surface area contributed by atoms with Crippen molar-refractivity contribution in [2.45, 2.75) is 19.3 Å². The number of halogens is 1. The Morgan fingerprint density at radius 3 is 2.38 bits per heavy atom. The Balaban J connectivity index is 0. The van der Waals surface area contributed by atoms with Gasteiger partial charge in [-0.05, 0) is 19.3 Å². The van der Waals surface area contributed by atoms with Gasteiger partial charge in [0.05, 0.1) is 0 Å². The molecule has 0 aliphatic rings. The van der Waals surface area contributed by atoms with Gasteiger partial charge in [0.25, 0.3) is 0 Å². The summed E-state index contributed by atoms with van der Waals surface area (Å²) in [5, 5.41) is 0. The van der Waals surface area contributed by atoms with Crippen molar-refractivity contribution in [3.63, 3.8) is 0 Å². The van der Waals surface area contributed by atoms with E-state index < -0.39 is 0 Å². The molecule has 0 atom stereocenters. The first-order valence-corrected chi connectivity index (χ1v) is 2.91. The fraction of sp³-hybridized carbons (Fsp3) is 0.667. The van der Waals surface area contributed by atoms with E-state index in [4.69, 9.17) is 18.0 Å². The number of rotatable bonds is 3. The van der Waals surface area contributed by atoms with Crippen molar-refractivity contribution in [2.24, 2.45) is 0 Å². The third kappa shape index (κ3) is 9.67. The second kappa shape index (κ2) is 10.4. The molecule has 0 amide bonds.